The Morgan fingerprint density at radius 1 is 0.857 bits per heavy atom. The van der Waals surface area contributed by atoms with E-state index in [2.05, 4.69) is 22.8 Å². The van der Waals surface area contributed by atoms with Crippen LogP contribution in [0.1, 0.15) is 27.0 Å². The first-order valence-electron chi connectivity index (χ1n) is 9.09. The van der Waals surface area contributed by atoms with Crippen LogP contribution >= 0.6 is 0 Å². The molecule has 142 valence electrons. The SMILES string of the molecule is Cc1cccc(NCC(=O)Nc2ccccc2Cc2ccccc2)c1C(N)=O. The maximum atomic E-state index is 12.5. The van der Waals surface area contributed by atoms with Crippen molar-refractivity contribution in [3.05, 3.63) is 95.1 Å². The second-order valence-electron chi connectivity index (χ2n) is 6.58. The standard InChI is InChI=1S/C23H23N3O2/c1-16-8-7-13-20(22(16)23(24)28)25-15-21(27)26-19-12-6-5-11-18(19)14-17-9-3-2-4-10-17/h2-13,25H,14-15H2,1H3,(H2,24,28)(H,26,27). The second-order valence-corrected chi connectivity index (χ2v) is 6.58. The lowest BCUT2D eigenvalue weighted by Crippen LogP contribution is -2.24. The molecule has 0 spiro atoms. The maximum absolute atomic E-state index is 12.5. The molecule has 0 saturated heterocycles. The van der Waals surface area contributed by atoms with Crippen molar-refractivity contribution in [3.8, 4) is 0 Å². The van der Waals surface area contributed by atoms with Crippen LogP contribution in [-0.4, -0.2) is 18.4 Å². The molecule has 3 aromatic carbocycles. The normalized spacial score (nSPS) is 10.3. The van der Waals surface area contributed by atoms with Crippen LogP contribution < -0.4 is 16.4 Å². The highest BCUT2D eigenvalue weighted by Crippen LogP contribution is 2.20. The van der Waals surface area contributed by atoms with Crippen LogP contribution in [0.5, 0.6) is 0 Å². The number of hydrogen-bond acceptors (Lipinski definition) is 3. The van der Waals surface area contributed by atoms with Gasteiger partial charge in [-0.15, -0.1) is 0 Å². The molecule has 0 fully saturated rings. The third-order valence-electron chi connectivity index (χ3n) is 4.49. The van der Waals surface area contributed by atoms with Crippen molar-refractivity contribution < 1.29 is 9.59 Å². The van der Waals surface area contributed by atoms with E-state index in [1.165, 1.54) is 5.56 Å². The summed E-state index contributed by atoms with van der Waals surface area (Å²) in [5.41, 5.74) is 10.2. The highest BCUT2D eigenvalue weighted by Gasteiger charge is 2.12. The summed E-state index contributed by atoms with van der Waals surface area (Å²) >= 11 is 0. The topological polar surface area (TPSA) is 84.2 Å². The van der Waals surface area contributed by atoms with Crippen molar-refractivity contribution >= 4 is 23.2 Å². The Kier molecular flexibility index (Phi) is 6.07. The Balaban J connectivity index is 1.68. The predicted molar refractivity (Wildman–Crippen MR) is 113 cm³/mol. The molecule has 5 heteroatoms. The van der Waals surface area contributed by atoms with Gasteiger partial charge in [0.15, 0.2) is 0 Å². The summed E-state index contributed by atoms with van der Waals surface area (Å²) in [6.07, 6.45) is 0.731. The first kappa shape index (κ1) is 19.2. The van der Waals surface area contributed by atoms with Gasteiger partial charge in [0.05, 0.1) is 12.1 Å². The van der Waals surface area contributed by atoms with Gasteiger partial charge >= 0.3 is 0 Å². The Morgan fingerprint density at radius 2 is 1.54 bits per heavy atom. The number of benzene rings is 3. The number of primary amides is 1. The molecule has 5 nitrogen and oxygen atoms in total. The summed E-state index contributed by atoms with van der Waals surface area (Å²) < 4.78 is 0. The molecule has 4 N–H and O–H groups in total. The molecule has 0 aliphatic heterocycles. The van der Waals surface area contributed by atoms with E-state index >= 15 is 0 Å². The third kappa shape index (κ3) is 4.76. The Hall–Kier alpha value is -3.60. The molecular formula is C23H23N3O2. The largest absolute Gasteiger partial charge is 0.375 e. The molecule has 2 amide bonds. The number of rotatable bonds is 7. The summed E-state index contributed by atoms with van der Waals surface area (Å²) in [4.78, 5) is 24.1. The first-order valence-corrected chi connectivity index (χ1v) is 9.09. The number of anilines is 2. The van der Waals surface area contributed by atoms with Crippen molar-refractivity contribution in [1.82, 2.24) is 0 Å². The lowest BCUT2D eigenvalue weighted by Gasteiger charge is -2.14. The smallest absolute Gasteiger partial charge is 0.251 e. The van der Waals surface area contributed by atoms with E-state index in [-0.39, 0.29) is 12.5 Å². The van der Waals surface area contributed by atoms with E-state index in [9.17, 15) is 9.59 Å². The van der Waals surface area contributed by atoms with Crippen molar-refractivity contribution in [2.24, 2.45) is 5.73 Å². The highest BCUT2D eigenvalue weighted by atomic mass is 16.2. The minimum Gasteiger partial charge on any atom is -0.375 e. The van der Waals surface area contributed by atoms with Crippen LogP contribution in [0.15, 0.2) is 72.8 Å². The van der Waals surface area contributed by atoms with Gasteiger partial charge in [-0.3, -0.25) is 9.59 Å². The van der Waals surface area contributed by atoms with Gasteiger partial charge in [0, 0.05) is 11.4 Å². The van der Waals surface area contributed by atoms with E-state index < -0.39 is 5.91 Å². The van der Waals surface area contributed by atoms with E-state index in [0.29, 0.717) is 11.3 Å². The van der Waals surface area contributed by atoms with Gasteiger partial charge in [0.1, 0.15) is 0 Å². The van der Waals surface area contributed by atoms with Crippen LogP contribution in [0, 0.1) is 6.92 Å². The van der Waals surface area contributed by atoms with Crippen LogP contribution in [0.2, 0.25) is 0 Å². The Morgan fingerprint density at radius 3 is 2.29 bits per heavy atom. The maximum Gasteiger partial charge on any atom is 0.251 e. The Labute approximate surface area is 164 Å². The van der Waals surface area contributed by atoms with Gasteiger partial charge in [0.2, 0.25) is 5.91 Å². The van der Waals surface area contributed by atoms with E-state index in [4.69, 9.17) is 5.73 Å². The number of para-hydroxylation sites is 1. The van der Waals surface area contributed by atoms with Gasteiger partial charge < -0.3 is 16.4 Å². The fourth-order valence-corrected chi connectivity index (χ4v) is 3.12. The first-order chi connectivity index (χ1) is 13.5. The van der Waals surface area contributed by atoms with Crippen LogP contribution in [0.3, 0.4) is 0 Å². The molecule has 0 aromatic heterocycles. The van der Waals surface area contributed by atoms with Crippen molar-refractivity contribution in [2.45, 2.75) is 13.3 Å². The molecular weight excluding hydrogens is 350 g/mol. The van der Waals surface area contributed by atoms with Crippen molar-refractivity contribution in [2.75, 3.05) is 17.2 Å². The molecule has 3 rings (SSSR count). The molecule has 3 aromatic rings. The molecule has 0 aliphatic carbocycles. The zero-order valence-corrected chi connectivity index (χ0v) is 15.7. The third-order valence-corrected chi connectivity index (χ3v) is 4.49. The summed E-state index contributed by atoms with van der Waals surface area (Å²) in [6.45, 7) is 1.84. The van der Waals surface area contributed by atoms with Crippen LogP contribution in [0.4, 0.5) is 11.4 Å². The van der Waals surface area contributed by atoms with Gasteiger partial charge in [-0.25, -0.2) is 0 Å². The summed E-state index contributed by atoms with van der Waals surface area (Å²) in [7, 11) is 0. The molecule has 0 unspecified atom stereocenters. The number of carbonyl (C=O) groups excluding carboxylic acids is 2. The number of hydrogen-bond donors (Lipinski definition) is 3. The van der Waals surface area contributed by atoms with E-state index in [1.54, 1.807) is 6.07 Å². The van der Waals surface area contributed by atoms with E-state index in [1.807, 2.05) is 61.5 Å². The highest BCUT2D eigenvalue weighted by molar-refractivity contribution is 6.01. The number of carbonyl (C=O) groups is 2. The van der Waals surface area contributed by atoms with Gasteiger partial charge in [-0.05, 0) is 42.2 Å². The molecule has 28 heavy (non-hydrogen) atoms. The molecule has 0 aliphatic rings. The number of amides is 2. The van der Waals surface area contributed by atoms with E-state index in [0.717, 1.165) is 23.2 Å². The predicted octanol–water partition coefficient (Wildman–Crippen LogP) is 3.74. The van der Waals surface area contributed by atoms with Gasteiger partial charge in [-0.1, -0.05) is 60.7 Å². The molecule has 0 atom stereocenters. The zero-order valence-electron chi connectivity index (χ0n) is 15.7. The summed E-state index contributed by atoms with van der Waals surface area (Å²) in [5.74, 6) is -0.716. The quantitative estimate of drug-likeness (QED) is 0.590. The summed E-state index contributed by atoms with van der Waals surface area (Å²) in [6, 6.07) is 23.2. The number of aryl methyl sites for hydroxylation is 1. The minimum atomic E-state index is -0.519. The van der Waals surface area contributed by atoms with Gasteiger partial charge in [0.25, 0.3) is 5.91 Å². The van der Waals surface area contributed by atoms with Crippen molar-refractivity contribution in [1.29, 1.82) is 0 Å². The lowest BCUT2D eigenvalue weighted by molar-refractivity contribution is -0.114. The number of nitrogens with two attached hydrogens (primary N) is 1. The molecule has 0 bridgehead atoms. The van der Waals surface area contributed by atoms with Crippen LogP contribution in [-0.2, 0) is 11.2 Å². The monoisotopic (exact) mass is 373 g/mol. The van der Waals surface area contributed by atoms with Crippen molar-refractivity contribution in [3.63, 3.8) is 0 Å². The van der Waals surface area contributed by atoms with Crippen LogP contribution in [0.25, 0.3) is 0 Å². The van der Waals surface area contributed by atoms with Gasteiger partial charge in [-0.2, -0.15) is 0 Å². The fourth-order valence-electron chi connectivity index (χ4n) is 3.12. The number of nitrogens with one attached hydrogen (secondary N) is 2. The molecule has 0 saturated carbocycles. The average Bonchev–Trinajstić information content (AvgIpc) is 2.68. The molecule has 0 radical (unpaired) electrons. The summed E-state index contributed by atoms with van der Waals surface area (Å²) in [5, 5.41) is 5.96. The minimum absolute atomic E-state index is 0.0312. The zero-order chi connectivity index (χ0) is 19.9. The average molecular weight is 373 g/mol. The second kappa shape index (κ2) is 8.86. The lowest BCUT2D eigenvalue weighted by atomic mass is 10.0. The molecule has 0 heterocycles. The fraction of sp³-hybridized carbons (Fsp3) is 0.130. The Bertz CT molecular complexity index is 984.